The van der Waals surface area contributed by atoms with Gasteiger partial charge >= 0.3 is 0 Å². The molecule has 0 bridgehead atoms. The molecule has 0 saturated carbocycles. The van der Waals surface area contributed by atoms with Gasteiger partial charge in [-0.2, -0.15) is 0 Å². The van der Waals surface area contributed by atoms with E-state index in [0.29, 0.717) is 12.1 Å². The van der Waals surface area contributed by atoms with Gasteiger partial charge in [0.1, 0.15) is 17.7 Å². The molecule has 0 spiro atoms. The SMILES string of the molecule is NC(=O)C(Nc1ccccc1F)c1cc(F)c(F)cc1F. The molecule has 110 valence electrons. The first-order valence-electron chi connectivity index (χ1n) is 5.85. The third kappa shape index (κ3) is 3.13. The number of para-hydroxylation sites is 1. The molecule has 1 atom stereocenters. The summed E-state index contributed by atoms with van der Waals surface area (Å²) in [5, 5.41) is 2.37. The fourth-order valence-corrected chi connectivity index (χ4v) is 1.80. The lowest BCUT2D eigenvalue weighted by Crippen LogP contribution is -2.29. The fraction of sp³-hybridized carbons (Fsp3) is 0.0714. The van der Waals surface area contributed by atoms with Gasteiger partial charge in [-0.05, 0) is 18.2 Å². The highest BCUT2D eigenvalue weighted by Crippen LogP contribution is 2.25. The Morgan fingerprint density at radius 3 is 2.19 bits per heavy atom. The molecule has 0 heterocycles. The molecule has 2 aromatic rings. The number of hydrogen-bond acceptors (Lipinski definition) is 2. The van der Waals surface area contributed by atoms with Crippen molar-refractivity contribution in [3.05, 3.63) is 65.2 Å². The number of halogens is 4. The van der Waals surface area contributed by atoms with Crippen molar-refractivity contribution in [2.24, 2.45) is 5.73 Å². The second-order valence-corrected chi connectivity index (χ2v) is 4.25. The zero-order valence-corrected chi connectivity index (χ0v) is 10.5. The lowest BCUT2D eigenvalue weighted by atomic mass is 10.0. The van der Waals surface area contributed by atoms with Gasteiger partial charge in [0.25, 0.3) is 0 Å². The highest BCUT2D eigenvalue weighted by molar-refractivity contribution is 5.84. The van der Waals surface area contributed by atoms with Crippen LogP contribution in [0.25, 0.3) is 0 Å². The van der Waals surface area contributed by atoms with Gasteiger partial charge in [0.05, 0.1) is 5.69 Å². The second kappa shape index (κ2) is 5.82. The predicted octanol–water partition coefficient (Wildman–Crippen LogP) is 2.88. The summed E-state index contributed by atoms with van der Waals surface area (Å²) in [6.07, 6.45) is 0. The monoisotopic (exact) mass is 298 g/mol. The zero-order chi connectivity index (χ0) is 15.6. The Bertz CT molecular complexity index is 691. The maximum atomic E-state index is 13.7. The van der Waals surface area contributed by atoms with Crippen molar-refractivity contribution >= 4 is 11.6 Å². The fourth-order valence-electron chi connectivity index (χ4n) is 1.80. The van der Waals surface area contributed by atoms with Gasteiger partial charge in [-0.3, -0.25) is 4.79 Å². The third-order valence-electron chi connectivity index (χ3n) is 2.81. The Morgan fingerprint density at radius 1 is 0.952 bits per heavy atom. The third-order valence-corrected chi connectivity index (χ3v) is 2.81. The molecule has 0 fully saturated rings. The van der Waals surface area contributed by atoms with Gasteiger partial charge in [-0.25, -0.2) is 17.6 Å². The highest BCUT2D eigenvalue weighted by atomic mass is 19.2. The Hall–Kier alpha value is -2.57. The molecule has 0 saturated heterocycles. The molecule has 1 unspecified atom stereocenters. The Morgan fingerprint density at radius 2 is 1.57 bits per heavy atom. The molecule has 0 aliphatic carbocycles. The number of rotatable bonds is 4. The van der Waals surface area contributed by atoms with Crippen LogP contribution in [0.1, 0.15) is 11.6 Å². The van der Waals surface area contributed by atoms with Crippen molar-refractivity contribution in [2.75, 3.05) is 5.32 Å². The van der Waals surface area contributed by atoms with Crippen LogP contribution >= 0.6 is 0 Å². The number of nitrogens with two attached hydrogens (primary N) is 1. The van der Waals surface area contributed by atoms with Gasteiger partial charge in [0.2, 0.25) is 5.91 Å². The minimum atomic E-state index is -1.54. The second-order valence-electron chi connectivity index (χ2n) is 4.25. The van der Waals surface area contributed by atoms with Gasteiger partial charge in [0.15, 0.2) is 11.6 Å². The summed E-state index contributed by atoms with van der Waals surface area (Å²) in [6, 6.07) is 4.56. The van der Waals surface area contributed by atoms with Crippen LogP contribution in [0.5, 0.6) is 0 Å². The normalized spacial score (nSPS) is 12.0. The Kier molecular flexibility index (Phi) is 4.11. The van der Waals surface area contributed by atoms with Crippen LogP contribution in [0.15, 0.2) is 36.4 Å². The van der Waals surface area contributed by atoms with E-state index in [2.05, 4.69) is 5.32 Å². The van der Waals surface area contributed by atoms with Crippen LogP contribution in [0, 0.1) is 23.3 Å². The van der Waals surface area contributed by atoms with Gasteiger partial charge in [0, 0.05) is 11.6 Å². The molecule has 7 heteroatoms. The van der Waals surface area contributed by atoms with Crippen LogP contribution < -0.4 is 11.1 Å². The minimum absolute atomic E-state index is 0.120. The Labute approximate surface area is 117 Å². The van der Waals surface area contributed by atoms with Crippen molar-refractivity contribution in [2.45, 2.75) is 6.04 Å². The molecule has 1 amide bonds. The molecule has 2 aromatic carbocycles. The van der Waals surface area contributed by atoms with E-state index in [-0.39, 0.29) is 5.69 Å². The van der Waals surface area contributed by atoms with Crippen molar-refractivity contribution in [3.8, 4) is 0 Å². The largest absolute Gasteiger partial charge is 0.368 e. The van der Waals surface area contributed by atoms with Gasteiger partial charge in [-0.1, -0.05) is 12.1 Å². The lowest BCUT2D eigenvalue weighted by Gasteiger charge is -2.18. The summed E-state index contributed by atoms with van der Waals surface area (Å²) in [4.78, 5) is 11.4. The molecule has 21 heavy (non-hydrogen) atoms. The van der Waals surface area contributed by atoms with E-state index in [0.717, 1.165) is 6.07 Å². The summed E-state index contributed by atoms with van der Waals surface area (Å²) in [5.74, 6) is -5.67. The first-order chi connectivity index (χ1) is 9.90. The van der Waals surface area contributed by atoms with Crippen LogP contribution in [0.4, 0.5) is 23.2 Å². The minimum Gasteiger partial charge on any atom is -0.368 e. The molecule has 0 aromatic heterocycles. The first-order valence-corrected chi connectivity index (χ1v) is 5.85. The average Bonchev–Trinajstić information content (AvgIpc) is 2.42. The van der Waals surface area contributed by atoms with Crippen molar-refractivity contribution < 1.29 is 22.4 Å². The standard InChI is InChI=1S/C14H10F4N2O/c15-8-3-1-2-4-12(8)20-13(14(19)21)7-5-10(17)11(18)6-9(7)16/h1-6,13,20H,(H2,19,21). The van der Waals surface area contributed by atoms with E-state index in [1.165, 1.54) is 18.2 Å². The lowest BCUT2D eigenvalue weighted by molar-refractivity contribution is -0.118. The number of nitrogens with one attached hydrogen (secondary N) is 1. The smallest absolute Gasteiger partial charge is 0.244 e. The maximum absolute atomic E-state index is 13.7. The van der Waals surface area contributed by atoms with Crippen LogP contribution in [-0.4, -0.2) is 5.91 Å². The van der Waals surface area contributed by atoms with E-state index < -0.39 is 40.8 Å². The summed E-state index contributed by atoms with van der Waals surface area (Å²) in [7, 11) is 0. The molecule has 0 aliphatic rings. The average molecular weight is 298 g/mol. The van der Waals surface area contributed by atoms with Crippen LogP contribution in [0.3, 0.4) is 0 Å². The van der Waals surface area contributed by atoms with Crippen molar-refractivity contribution in [1.29, 1.82) is 0 Å². The van der Waals surface area contributed by atoms with E-state index in [1.807, 2.05) is 0 Å². The van der Waals surface area contributed by atoms with Crippen molar-refractivity contribution in [1.82, 2.24) is 0 Å². The van der Waals surface area contributed by atoms with E-state index >= 15 is 0 Å². The number of hydrogen-bond donors (Lipinski definition) is 2. The number of anilines is 1. The van der Waals surface area contributed by atoms with E-state index in [9.17, 15) is 22.4 Å². The number of benzene rings is 2. The van der Waals surface area contributed by atoms with Gasteiger partial charge in [-0.15, -0.1) is 0 Å². The summed E-state index contributed by atoms with van der Waals surface area (Å²) < 4.78 is 53.3. The molecular weight excluding hydrogens is 288 g/mol. The Balaban J connectivity index is 2.43. The summed E-state index contributed by atoms with van der Waals surface area (Å²) in [6.45, 7) is 0. The predicted molar refractivity (Wildman–Crippen MR) is 68.3 cm³/mol. The van der Waals surface area contributed by atoms with Gasteiger partial charge < -0.3 is 11.1 Å². The zero-order valence-electron chi connectivity index (χ0n) is 10.5. The van der Waals surface area contributed by atoms with E-state index in [4.69, 9.17) is 5.73 Å². The summed E-state index contributed by atoms with van der Waals surface area (Å²) >= 11 is 0. The topological polar surface area (TPSA) is 55.1 Å². The van der Waals surface area contributed by atoms with Crippen LogP contribution in [0.2, 0.25) is 0 Å². The maximum Gasteiger partial charge on any atom is 0.244 e. The molecule has 0 radical (unpaired) electrons. The molecule has 3 nitrogen and oxygen atoms in total. The number of carbonyl (C=O) groups is 1. The van der Waals surface area contributed by atoms with Crippen LogP contribution in [-0.2, 0) is 4.79 Å². The first kappa shape index (κ1) is 14.8. The van der Waals surface area contributed by atoms with E-state index in [1.54, 1.807) is 0 Å². The number of amides is 1. The quantitative estimate of drug-likeness (QED) is 0.673. The molecule has 0 aliphatic heterocycles. The highest BCUT2D eigenvalue weighted by Gasteiger charge is 2.24. The molecular formula is C14H10F4N2O. The number of primary amides is 1. The van der Waals surface area contributed by atoms with Crippen molar-refractivity contribution in [3.63, 3.8) is 0 Å². The molecule has 3 N–H and O–H groups in total. The number of carbonyl (C=O) groups excluding carboxylic acids is 1. The summed E-state index contributed by atoms with van der Waals surface area (Å²) in [5.41, 5.74) is 4.49. The molecule has 2 rings (SSSR count).